The van der Waals surface area contributed by atoms with E-state index in [-0.39, 0.29) is 22.4 Å². The number of carbonyl (C=O) groups is 1. The van der Waals surface area contributed by atoms with E-state index in [1.54, 1.807) is 30.3 Å². The van der Waals surface area contributed by atoms with Crippen LogP contribution in [0.5, 0.6) is 0 Å². The van der Waals surface area contributed by atoms with Gasteiger partial charge in [0, 0.05) is 23.4 Å². The van der Waals surface area contributed by atoms with Crippen molar-refractivity contribution < 1.29 is 22.0 Å². The number of nitrogens with zero attached hydrogens (tertiary/aromatic N) is 3. The molecule has 2 heterocycles. The lowest BCUT2D eigenvalue weighted by Gasteiger charge is -2.20. The van der Waals surface area contributed by atoms with Gasteiger partial charge in [0.05, 0.1) is 11.1 Å². The van der Waals surface area contributed by atoms with Crippen LogP contribution in [0.4, 0.5) is 5.82 Å². The van der Waals surface area contributed by atoms with Crippen LogP contribution in [0.1, 0.15) is 58.4 Å². The van der Waals surface area contributed by atoms with E-state index in [0.29, 0.717) is 29.1 Å². The molecule has 39 heavy (non-hydrogen) atoms. The first-order valence-electron chi connectivity index (χ1n) is 13.1. The third-order valence-corrected chi connectivity index (χ3v) is 9.24. The summed E-state index contributed by atoms with van der Waals surface area (Å²) in [5.74, 6) is 1.97. The Bertz CT molecular complexity index is 1390. The molecule has 4 rings (SSSR count). The second kappa shape index (κ2) is 13.5. The fourth-order valence-electron chi connectivity index (χ4n) is 5.46. The number of carbonyl (C=O) groups excluding carboxylic acids is 1. The quantitative estimate of drug-likeness (QED) is 0.255. The molecule has 1 amide bonds. The average Bonchev–Trinajstić information content (AvgIpc) is 3.53. The number of aryl methyl sites for hydroxylation is 1. The fourth-order valence-corrected chi connectivity index (χ4v) is 6.76. The van der Waals surface area contributed by atoms with E-state index < -0.39 is 21.3 Å². The molecule has 4 unspecified atom stereocenters. The predicted octanol–water partition coefficient (Wildman–Crippen LogP) is 3.65. The number of amides is 1. The van der Waals surface area contributed by atoms with E-state index in [1.807, 2.05) is 6.92 Å². The summed E-state index contributed by atoms with van der Waals surface area (Å²) in [7, 11) is -3.79. The number of anilines is 1. The number of benzene rings is 1. The number of hydrogen-bond donors (Lipinski definition) is 3. The average molecular weight is 578 g/mol. The van der Waals surface area contributed by atoms with Crippen molar-refractivity contribution in [3.63, 3.8) is 0 Å². The molecule has 2 aromatic heterocycles. The lowest BCUT2D eigenvalue weighted by Crippen LogP contribution is -2.37. The van der Waals surface area contributed by atoms with Crippen LogP contribution in [0.25, 0.3) is 11.2 Å². The van der Waals surface area contributed by atoms with E-state index in [0.717, 1.165) is 41.6 Å². The summed E-state index contributed by atoms with van der Waals surface area (Å²) < 4.78 is 44.8. The van der Waals surface area contributed by atoms with Crippen molar-refractivity contribution in [2.75, 3.05) is 5.43 Å². The highest BCUT2D eigenvalue weighted by Gasteiger charge is 2.39. The smallest absolute Gasteiger partial charge is 0.269 e. The summed E-state index contributed by atoms with van der Waals surface area (Å²) in [6.07, 6.45) is 8.20. The minimum Gasteiger partial charge on any atom is -0.760 e. The summed E-state index contributed by atoms with van der Waals surface area (Å²) in [5.41, 5.74) is 7.33. The number of hydrogen-bond acceptors (Lipinski definition) is 8. The minimum atomic E-state index is -3.79. The van der Waals surface area contributed by atoms with Gasteiger partial charge in [0.15, 0.2) is 11.5 Å². The Morgan fingerprint density at radius 3 is 2.41 bits per heavy atom. The molecule has 13 heteroatoms. The monoisotopic (exact) mass is 577 g/mol. The van der Waals surface area contributed by atoms with Crippen LogP contribution in [-0.2, 0) is 26.1 Å². The molecule has 4 atom stereocenters. The van der Waals surface area contributed by atoms with E-state index >= 15 is 0 Å². The van der Waals surface area contributed by atoms with Crippen molar-refractivity contribution in [1.29, 1.82) is 0 Å². The maximum absolute atomic E-state index is 13.1. The Morgan fingerprint density at radius 1 is 1.18 bits per heavy atom. The topological polar surface area (TPSA) is 172 Å². The van der Waals surface area contributed by atoms with Gasteiger partial charge in [-0.15, -0.1) is 0 Å². The van der Waals surface area contributed by atoms with Gasteiger partial charge in [-0.25, -0.2) is 22.4 Å². The van der Waals surface area contributed by atoms with E-state index in [2.05, 4.69) is 46.7 Å². The third kappa shape index (κ3) is 7.41. The first-order chi connectivity index (χ1) is 18.5. The highest BCUT2D eigenvalue weighted by Crippen LogP contribution is 2.43. The first-order valence-corrected chi connectivity index (χ1v) is 15.6. The molecule has 1 aliphatic rings. The van der Waals surface area contributed by atoms with E-state index in [1.165, 1.54) is 12.4 Å². The summed E-state index contributed by atoms with van der Waals surface area (Å²) in [6, 6.07) is 8.28. The minimum absolute atomic E-state index is 0.0180. The molecular formula is C26H37N6O5S2-. The largest absolute Gasteiger partial charge is 0.760 e. The van der Waals surface area contributed by atoms with E-state index in [9.17, 15) is 13.2 Å². The van der Waals surface area contributed by atoms with Gasteiger partial charge in [-0.1, -0.05) is 57.7 Å². The maximum atomic E-state index is 13.1. The molecule has 11 nitrogen and oxygen atoms in total. The zero-order chi connectivity index (χ0) is 28.7. The van der Waals surface area contributed by atoms with Crippen molar-refractivity contribution in [2.24, 2.45) is 28.8 Å². The Balaban J connectivity index is 0.000000983. The Kier molecular flexibility index (Phi) is 10.6. The number of fused-ring (bicyclic) bond motifs is 1. The van der Waals surface area contributed by atoms with Crippen LogP contribution in [0.15, 0.2) is 47.6 Å². The van der Waals surface area contributed by atoms with Gasteiger partial charge in [0.1, 0.15) is 5.52 Å². The molecule has 4 N–H and O–H groups in total. The van der Waals surface area contributed by atoms with Gasteiger partial charge in [-0.2, -0.15) is 0 Å². The van der Waals surface area contributed by atoms with Crippen molar-refractivity contribution >= 4 is 44.2 Å². The molecule has 1 saturated carbocycles. The Labute approximate surface area is 232 Å². The SMILES string of the molecule is CCC(CC)C1CC(CC)C(C(=O)NNc2cnc3c(ccn3S(=O)(=O)c3ccc(C)cc3)n2)C1.NS(=O)[O-]. The van der Waals surface area contributed by atoms with Crippen molar-refractivity contribution in [3.05, 3.63) is 48.3 Å². The normalized spacial score (nSPS) is 19.9. The standard InChI is InChI=1S/C26H35N5O3S.H3NO2S/c1-5-18(6-2)20-14-19(7-3)22(15-20)26(32)30-29-24-16-27-25-23(28-24)12-13-31(25)35(33,34)21-10-8-17(4)9-11-21;1-4(2)3/h8-13,16,18-20,22H,5-7,14-15H2,1-4H3,(H,28,29)(H,30,32);1H2,(H,2,3)/p-1. The number of nitrogens with one attached hydrogen (secondary N) is 2. The highest BCUT2D eigenvalue weighted by molar-refractivity contribution is 7.90. The zero-order valence-corrected chi connectivity index (χ0v) is 24.3. The number of aromatic nitrogens is 3. The zero-order valence-electron chi connectivity index (χ0n) is 22.7. The van der Waals surface area contributed by atoms with Crippen LogP contribution < -0.4 is 16.0 Å². The molecule has 1 fully saturated rings. The van der Waals surface area contributed by atoms with Gasteiger partial charge in [-0.3, -0.25) is 25.0 Å². The van der Waals surface area contributed by atoms with Crippen LogP contribution in [0.3, 0.4) is 0 Å². The van der Waals surface area contributed by atoms with Crippen molar-refractivity contribution in [1.82, 2.24) is 19.4 Å². The lowest BCUT2D eigenvalue weighted by molar-refractivity contribution is -0.125. The summed E-state index contributed by atoms with van der Waals surface area (Å²) >= 11 is -2.36. The van der Waals surface area contributed by atoms with Crippen LogP contribution in [0.2, 0.25) is 0 Å². The second-order valence-electron chi connectivity index (χ2n) is 9.85. The van der Waals surface area contributed by atoms with Gasteiger partial charge in [0.25, 0.3) is 10.0 Å². The predicted molar refractivity (Wildman–Crippen MR) is 150 cm³/mol. The highest BCUT2D eigenvalue weighted by atomic mass is 32.2. The Morgan fingerprint density at radius 2 is 1.82 bits per heavy atom. The maximum Gasteiger partial charge on any atom is 0.269 e. The van der Waals surface area contributed by atoms with Gasteiger partial charge in [-0.05, 0) is 55.7 Å². The van der Waals surface area contributed by atoms with Crippen LogP contribution >= 0.6 is 0 Å². The van der Waals surface area contributed by atoms with Crippen LogP contribution in [-0.4, -0.2) is 37.0 Å². The molecule has 0 spiro atoms. The number of hydrazine groups is 1. The molecule has 214 valence electrons. The molecule has 0 aliphatic heterocycles. The third-order valence-electron chi connectivity index (χ3n) is 7.56. The molecule has 1 aromatic carbocycles. The first kappa shape index (κ1) is 30.7. The lowest BCUT2D eigenvalue weighted by atomic mass is 9.86. The molecule has 1 aliphatic carbocycles. The van der Waals surface area contributed by atoms with Gasteiger partial charge < -0.3 is 4.55 Å². The summed E-state index contributed by atoms with van der Waals surface area (Å²) in [6.45, 7) is 8.53. The fraction of sp³-hybridized carbons (Fsp3) is 0.500. The van der Waals surface area contributed by atoms with Gasteiger partial charge >= 0.3 is 0 Å². The molecule has 0 saturated heterocycles. The number of nitrogens with two attached hydrogens (primary N) is 1. The second-order valence-corrected chi connectivity index (χ2v) is 12.2. The number of rotatable bonds is 9. The molecule has 0 radical (unpaired) electrons. The van der Waals surface area contributed by atoms with Crippen LogP contribution in [0, 0.1) is 30.6 Å². The van der Waals surface area contributed by atoms with Crippen molar-refractivity contribution in [2.45, 2.75) is 64.7 Å². The summed E-state index contributed by atoms with van der Waals surface area (Å²) in [4.78, 5) is 22.0. The van der Waals surface area contributed by atoms with E-state index in [4.69, 9.17) is 8.76 Å². The molecule has 0 bridgehead atoms. The van der Waals surface area contributed by atoms with Gasteiger partial charge in [0.2, 0.25) is 5.91 Å². The molecular weight excluding hydrogens is 540 g/mol. The summed E-state index contributed by atoms with van der Waals surface area (Å²) in [5, 5.41) is 4.03. The Hall–Kier alpha value is -2.87. The van der Waals surface area contributed by atoms with Crippen molar-refractivity contribution in [3.8, 4) is 0 Å². The molecule has 3 aromatic rings.